The van der Waals surface area contributed by atoms with Crippen LogP contribution in [0.4, 0.5) is 0 Å². The Bertz CT molecular complexity index is 543. The largest absolute Gasteiger partial charge is 0.466 e. The molecule has 6 nitrogen and oxygen atoms in total. The molecule has 0 aliphatic carbocycles. The summed E-state index contributed by atoms with van der Waals surface area (Å²) in [5, 5.41) is 8.00. The molecule has 1 atom stereocenters. The van der Waals surface area contributed by atoms with Crippen molar-refractivity contribution in [2.24, 2.45) is 12.9 Å². The molecule has 2 heterocycles. The Morgan fingerprint density at radius 3 is 2.56 bits per heavy atom. The smallest absolute Gasteiger partial charge is 0.106 e. The van der Waals surface area contributed by atoms with Crippen LogP contribution in [-0.4, -0.2) is 15.0 Å². The Hall–Kier alpha value is -1.66. The van der Waals surface area contributed by atoms with Gasteiger partial charge in [-0.1, -0.05) is 5.21 Å². The van der Waals surface area contributed by atoms with Crippen molar-refractivity contribution in [1.29, 1.82) is 0 Å². The van der Waals surface area contributed by atoms with E-state index < -0.39 is 0 Å². The lowest BCUT2D eigenvalue weighted by molar-refractivity contribution is 0.483. The Balaban J connectivity index is 2.28. The third kappa shape index (κ3) is 2.30. The zero-order chi connectivity index (χ0) is 13.3. The number of furan rings is 1. The molecule has 98 valence electrons. The average molecular weight is 249 g/mol. The number of aromatic nitrogens is 3. The van der Waals surface area contributed by atoms with Gasteiger partial charge < -0.3 is 4.42 Å². The van der Waals surface area contributed by atoms with E-state index in [-0.39, 0.29) is 6.04 Å². The molecule has 2 rings (SSSR count). The Labute approximate surface area is 106 Å². The van der Waals surface area contributed by atoms with Crippen LogP contribution in [0.15, 0.2) is 10.6 Å². The highest BCUT2D eigenvalue weighted by molar-refractivity contribution is 5.34. The van der Waals surface area contributed by atoms with Crippen molar-refractivity contribution in [2.45, 2.75) is 33.2 Å². The summed E-state index contributed by atoms with van der Waals surface area (Å²) in [6.45, 7) is 5.96. The van der Waals surface area contributed by atoms with Crippen molar-refractivity contribution in [3.05, 3.63) is 34.5 Å². The van der Waals surface area contributed by atoms with Gasteiger partial charge in [-0.2, -0.15) is 0 Å². The van der Waals surface area contributed by atoms with Crippen molar-refractivity contribution in [2.75, 3.05) is 0 Å². The summed E-state index contributed by atoms with van der Waals surface area (Å²) in [5.41, 5.74) is 5.99. The fourth-order valence-electron chi connectivity index (χ4n) is 2.26. The summed E-state index contributed by atoms with van der Waals surface area (Å²) in [7, 11) is 1.85. The molecule has 0 aromatic carbocycles. The summed E-state index contributed by atoms with van der Waals surface area (Å²) >= 11 is 0. The normalized spacial score (nSPS) is 12.9. The predicted molar refractivity (Wildman–Crippen MR) is 67.7 cm³/mol. The number of nitrogens with zero attached hydrogens (tertiary/aromatic N) is 3. The molecule has 0 spiro atoms. The number of rotatable bonds is 4. The molecular weight excluding hydrogens is 230 g/mol. The molecular formula is C12H19N5O. The number of hydrazine groups is 1. The number of nitrogens with one attached hydrogen (secondary N) is 1. The van der Waals surface area contributed by atoms with E-state index in [4.69, 9.17) is 10.3 Å². The second-order valence-electron chi connectivity index (χ2n) is 4.56. The van der Waals surface area contributed by atoms with Crippen LogP contribution >= 0.6 is 0 Å². The average Bonchev–Trinajstić information content (AvgIpc) is 2.82. The lowest BCUT2D eigenvalue weighted by Gasteiger charge is -2.15. The fraction of sp³-hybridized carbons (Fsp3) is 0.500. The molecule has 0 radical (unpaired) electrons. The van der Waals surface area contributed by atoms with E-state index in [1.165, 1.54) is 0 Å². The third-order valence-corrected chi connectivity index (χ3v) is 3.23. The van der Waals surface area contributed by atoms with Crippen LogP contribution in [-0.2, 0) is 13.5 Å². The maximum Gasteiger partial charge on any atom is 0.106 e. The first kappa shape index (κ1) is 12.8. The van der Waals surface area contributed by atoms with Crippen molar-refractivity contribution in [3.63, 3.8) is 0 Å². The standard InChI is InChI=1S/C12H19N5O/c1-7-8(2)18-9(3)12(7)11(14-13)5-10-6-17(4)16-15-10/h6,11,14H,5,13H2,1-4H3. The Kier molecular flexibility index (Phi) is 3.49. The van der Waals surface area contributed by atoms with Gasteiger partial charge in [0.25, 0.3) is 0 Å². The van der Waals surface area contributed by atoms with Crippen LogP contribution in [0.3, 0.4) is 0 Å². The van der Waals surface area contributed by atoms with Gasteiger partial charge in [0.15, 0.2) is 0 Å². The molecule has 0 fully saturated rings. The van der Waals surface area contributed by atoms with Gasteiger partial charge in [0, 0.05) is 25.2 Å². The lowest BCUT2D eigenvalue weighted by Crippen LogP contribution is -2.30. The van der Waals surface area contributed by atoms with Gasteiger partial charge in [-0.05, 0) is 26.3 Å². The topological polar surface area (TPSA) is 81.9 Å². The van der Waals surface area contributed by atoms with Gasteiger partial charge in [0.2, 0.25) is 0 Å². The van der Waals surface area contributed by atoms with Crippen LogP contribution in [0.2, 0.25) is 0 Å². The van der Waals surface area contributed by atoms with Gasteiger partial charge in [-0.15, -0.1) is 5.10 Å². The summed E-state index contributed by atoms with van der Waals surface area (Å²) in [4.78, 5) is 0. The monoisotopic (exact) mass is 249 g/mol. The van der Waals surface area contributed by atoms with Gasteiger partial charge in [-0.3, -0.25) is 16.0 Å². The summed E-state index contributed by atoms with van der Waals surface area (Å²) in [6, 6.07) is -0.0147. The molecule has 0 saturated carbocycles. The van der Waals surface area contributed by atoms with E-state index in [2.05, 4.69) is 15.7 Å². The highest BCUT2D eigenvalue weighted by Crippen LogP contribution is 2.28. The highest BCUT2D eigenvalue weighted by Gasteiger charge is 2.21. The van der Waals surface area contributed by atoms with Crippen LogP contribution in [0.1, 0.15) is 34.4 Å². The van der Waals surface area contributed by atoms with Crippen LogP contribution < -0.4 is 11.3 Å². The SMILES string of the molecule is Cc1oc(C)c(C(Cc2cn(C)nn2)NN)c1C. The Morgan fingerprint density at radius 2 is 2.11 bits per heavy atom. The van der Waals surface area contributed by atoms with Crippen LogP contribution in [0.5, 0.6) is 0 Å². The first-order chi connectivity index (χ1) is 8.52. The number of aryl methyl sites for hydroxylation is 3. The summed E-state index contributed by atoms with van der Waals surface area (Å²) < 4.78 is 7.32. The zero-order valence-electron chi connectivity index (χ0n) is 11.2. The van der Waals surface area contributed by atoms with Crippen molar-refractivity contribution in [3.8, 4) is 0 Å². The van der Waals surface area contributed by atoms with Crippen molar-refractivity contribution in [1.82, 2.24) is 20.4 Å². The minimum Gasteiger partial charge on any atom is -0.466 e. The van der Waals surface area contributed by atoms with E-state index in [1.807, 2.05) is 34.0 Å². The van der Waals surface area contributed by atoms with E-state index in [0.717, 1.165) is 28.3 Å². The predicted octanol–water partition coefficient (Wildman–Crippen LogP) is 1.08. The van der Waals surface area contributed by atoms with Crippen molar-refractivity contribution < 1.29 is 4.42 Å². The first-order valence-corrected chi connectivity index (χ1v) is 5.90. The maximum atomic E-state index is 5.66. The van der Waals surface area contributed by atoms with Gasteiger partial charge >= 0.3 is 0 Å². The van der Waals surface area contributed by atoms with E-state index in [0.29, 0.717) is 6.42 Å². The van der Waals surface area contributed by atoms with E-state index in [1.54, 1.807) is 4.68 Å². The summed E-state index contributed by atoms with van der Waals surface area (Å²) in [6.07, 6.45) is 2.58. The zero-order valence-corrected chi connectivity index (χ0v) is 11.2. The van der Waals surface area contributed by atoms with Gasteiger partial charge in [0.1, 0.15) is 11.5 Å². The molecule has 2 aromatic heterocycles. The molecule has 18 heavy (non-hydrogen) atoms. The molecule has 2 aromatic rings. The van der Waals surface area contributed by atoms with Crippen LogP contribution in [0.25, 0.3) is 0 Å². The second kappa shape index (κ2) is 4.91. The molecule has 6 heteroatoms. The molecule has 0 bridgehead atoms. The highest BCUT2D eigenvalue weighted by atomic mass is 16.3. The molecule has 0 aliphatic rings. The molecule has 0 amide bonds. The third-order valence-electron chi connectivity index (χ3n) is 3.23. The number of hydrogen-bond acceptors (Lipinski definition) is 5. The number of nitrogens with two attached hydrogens (primary N) is 1. The van der Waals surface area contributed by atoms with Gasteiger partial charge in [0.05, 0.1) is 11.7 Å². The van der Waals surface area contributed by atoms with Crippen molar-refractivity contribution >= 4 is 0 Å². The van der Waals surface area contributed by atoms with Crippen LogP contribution in [0, 0.1) is 20.8 Å². The van der Waals surface area contributed by atoms with Gasteiger partial charge in [-0.25, -0.2) is 0 Å². The first-order valence-electron chi connectivity index (χ1n) is 5.90. The fourth-order valence-corrected chi connectivity index (χ4v) is 2.26. The summed E-state index contributed by atoms with van der Waals surface area (Å²) in [5.74, 6) is 7.49. The van der Waals surface area contributed by atoms with E-state index >= 15 is 0 Å². The maximum absolute atomic E-state index is 5.66. The lowest BCUT2D eigenvalue weighted by atomic mass is 9.99. The number of hydrogen-bond donors (Lipinski definition) is 2. The molecule has 0 saturated heterocycles. The molecule has 1 unspecified atom stereocenters. The Morgan fingerprint density at radius 1 is 1.39 bits per heavy atom. The quantitative estimate of drug-likeness (QED) is 0.626. The minimum atomic E-state index is -0.0147. The molecule has 3 N–H and O–H groups in total. The second-order valence-corrected chi connectivity index (χ2v) is 4.56. The van der Waals surface area contributed by atoms with E-state index in [9.17, 15) is 0 Å². The molecule has 0 aliphatic heterocycles. The minimum absolute atomic E-state index is 0.0147.